The first kappa shape index (κ1) is 10.8. The quantitative estimate of drug-likeness (QED) is 0.434. The normalized spacial score (nSPS) is 26.4. The molecule has 0 fully saturated rings. The number of allylic oxidation sites excluding steroid dienone is 2. The van der Waals surface area contributed by atoms with E-state index < -0.39 is 0 Å². The van der Waals surface area contributed by atoms with Gasteiger partial charge in [-0.1, -0.05) is 51.2 Å². The molecule has 0 spiro atoms. The Bertz CT molecular complexity index is 135. The highest BCUT2D eigenvalue weighted by Crippen LogP contribution is 2.23. The summed E-state index contributed by atoms with van der Waals surface area (Å²) in [5.74, 6) is 1.04. The van der Waals surface area contributed by atoms with E-state index >= 15 is 0 Å². The van der Waals surface area contributed by atoms with Crippen LogP contribution in [0.25, 0.3) is 0 Å². The van der Waals surface area contributed by atoms with Gasteiger partial charge in [-0.25, -0.2) is 0 Å². The lowest BCUT2D eigenvalue weighted by Crippen LogP contribution is -2.01. The third-order valence-electron chi connectivity index (χ3n) is 3.11. The molecule has 1 atom stereocenters. The zero-order valence-corrected chi connectivity index (χ0v) is 9.10. The second kappa shape index (κ2) is 7.17. The molecule has 1 aliphatic carbocycles. The van der Waals surface area contributed by atoms with Crippen molar-refractivity contribution in [3.63, 3.8) is 0 Å². The largest absolute Gasteiger partial charge is 0.0885 e. The minimum Gasteiger partial charge on any atom is -0.0885 e. The van der Waals surface area contributed by atoms with E-state index in [9.17, 15) is 0 Å². The molecule has 0 aliphatic heterocycles. The summed E-state index contributed by atoms with van der Waals surface area (Å²) in [5, 5.41) is 0. The van der Waals surface area contributed by atoms with Crippen LogP contribution in [0.5, 0.6) is 0 Å². The van der Waals surface area contributed by atoms with Crippen LogP contribution in [-0.4, -0.2) is 0 Å². The maximum absolute atomic E-state index is 2.38. The van der Waals surface area contributed by atoms with Gasteiger partial charge in [0.2, 0.25) is 0 Å². The van der Waals surface area contributed by atoms with Crippen LogP contribution in [0.2, 0.25) is 0 Å². The van der Waals surface area contributed by atoms with Crippen molar-refractivity contribution in [2.75, 3.05) is 0 Å². The third kappa shape index (κ3) is 5.13. The van der Waals surface area contributed by atoms with Gasteiger partial charge in [0.1, 0.15) is 0 Å². The van der Waals surface area contributed by atoms with Crippen LogP contribution in [0.15, 0.2) is 12.2 Å². The van der Waals surface area contributed by atoms with Crippen molar-refractivity contribution in [2.45, 2.75) is 64.7 Å². The summed E-state index contributed by atoms with van der Waals surface area (Å²) < 4.78 is 0. The first-order valence-corrected chi connectivity index (χ1v) is 6.08. The monoisotopic (exact) mass is 180 g/mol. The Hall–Kier alpha value is -0.260. The van der Waals surface area contributed by atoms with Crippen LogP contribution >= 0.6 is 0 Å². The van der Waals surface area contributed by atoms with Gasteiger partial charge in [0.05, 0.1) is 0 Å². The first-order chi connectivity index (χ1) is 6.43. The van der Waals surface area contributed by atoms with E-state index in [1.54, 1.807) is 0 Å². The molecule has 0 aromatic carbocycles. The molecule has 13 heavy (non-hydrogen) atoms. The standard InChI is InChI=1S/C13H24/c1-2-3-7-10-13-11-8-5-4-6-9-12-13/h4-5,13H,2-3,6-12H2,1H3/b5-4-. The van der Waals surface area contributed by atoms with Crippen LogP contribution in [0, 0.1) is 5.92 Å². The molecule has 0 N–H and O–H groups in total. The highest BCUT2D eigenvalue weighted by atomic mass is 14.1. The van der Waals surface area contributed by atoms with Crippen molar-refractivity contribution in [1.82, 2.24) is 0 Å². The van der Waals surface area contributed by atoms with Gasteiger partial charge in [-0.2, -0.15) is 0 Å². The van der Waals surface area contributed by atoms with Gasteiger partial charge in [-0.05, 0) is 31.6 Å². The molecule has 0 saturated heterocycles. The Morgan fingerprint density at radius 3 is 2.77 bits per heavy atom. The molecule has 76 valence electrons. The summed E-state index contributed by atoms with van der Waals surface area (Å²) >= 11 is 0. The minimum atomic E-state index is 1.04. The molecule has 0 saturated carbocycles. The highest BCUT2D eigenvalue weighted by molar-refractivity contribution is 4.84. The molecule has 0 heterocycles. The Labute approximate surface area is 83.4 Å². The Balaban J connectivity index is 2.12. The molecule has 0 bridgehead atoms. The van der Waals surface area contributed by atoms with Crippen LogP contribution in [0.4, 0.5) is 0 Å². The molecular weight excluding hydrogens is 156 g/mol. The predicted octanol–water partition coefficient (Wildman–Crippen LogP) is 4.70. The molecule has 0 amide bonds. The topological polar surface area (TPSA) is 0 Å². The summed E-state index contributed by atoms with van der Waals surface area (Å²) in [4.78, 5) is 0. The first-order valence-electron chi connectivity index (χ1n) is 6.08. The molecule has 1 unspecified atom stereocenters. The highest BCUT2D eigenvalue weighted by Gasteiger charge is 2.08. The molecule has 0 heteroatoms. The summed E-state index contributed by atoms with van der Waals surface area (Å²) in [6.07, 6.45) is 17.5. The Morgan fingerprint density at radius 1 is 1.08 bits per heavy atom. The number of unbranched alkanes of at least 4 members (excludes halogenated alkanes) is 2. The van der Waals surface area contributed by atoms with Crippen molar-refractivity contribution >= 4 is 0 Å². The van der Waals surface area contributed by atoms with E-state index in [2.05, 4.69) is 19.1 Å². The summed E-state index contributed by atoms with van der Waals surface area (Å²) in [7, 11) is 0. The van der Waals surface area contributed by atoms with E-state index in [1.165, 1.54) is 57.8 Å². The molecule has 0 radical (unpaired) electrons. The lowest BCUT2D eigenvalue weighted by atomic mass is 9.89. The zero-order valence-electron chi connectivity index (χ0n) is 9.10. The fraction of sp³-hybridized carbons (Fsp3) is 0.846. The lowest BCUT2D eigenvalue weighted by molar-refractivity contribution is 0.391. The van der Waals surface area contributed by atoms with E-state index in [-0.39, 0.29) is 0 Å². The third-order valence-corrected chi connectivity index (χ3v) is 3.11. The van der Waals surface area contributed by atoms with Crippen LogP contribution in [0.3, 0.4) is 0 Å². The van der Waals surface area contributed by atoms with E-state index in [1.807, 2.05) is 0 Å². The van der Waals surface area contributed by atoms with Crippen molar-refractivity contribution < 1.29 is 0 Å². The maximum Gasteiger partial charge on any atom is -0.0348 e. The SMILES string of the molecule is CCCCCC1CC/C=C\CCC1. The van der Waals surface area contributed by atoms with Crippen molar-refractivity contribution in [1.29, 1.82) is 0 Å². The number of hydrogen-bond acceptors (Lipinski definition) is 0. The van der Waals surface area contributed by atoms with Gasteiger partial charge in [0.25, 0.3) is 0 Å². The minimum absolute atomic E-state index is 1.04. The van der Waals surface area contributed by atoms with Gasteiger partial charge in [-0.15, -0.1) is 0 Å². The molecule has 1 rings (SSSR count). The number of hydrogen-bond donors (Lipinski definition) is 0. The molecule has 0 aromatic heterocycles. The molecule has 0 aromatic rings. The Kier molecular flexibility index (Phi) is 5.97. The molecule has 1 aliphatic rings. The predicted molar refractivity (Wildman–Crippen MR) is 59.9 cm³/mol. The fourth-order valence-corrected chi connectivity index (χ4v) is 2.21. The van der Waals surface area contributed by atoms with E-state index in [0.717, 1.165) is 5.92 Å². The van der Waals surface area contributed by atoms with Gasteiger partial charge in [0.15, 0.2) is 0 Å². The smallest absolute Gasteiger partial charge is 0.0348 e. The van der Waals surface area contributed by atoms with Crippen LogP contribution in [-0.2, 0) is 0 Å². The Morgan fingerprint density at radius 2 is 1.92 bits per heavy atom. The second-order valence-corrected chi connectivity index (χ2v) is 4.34. The zero-order chi connectivity index (χ0) is 9.36. The van der Waals surface area contributed by atoms with Gasteiger partial charge in [0, 0.05) is 0 Å². The van der Waals surface area contributed by atoms with Crippen LogP contribution in [0.1, 0.15) is 64.7 Å². The van der Waals surface area contributed by atoms with E-state index in [4.69, 9.17) is 0 Å². The van der Waals surface area contributed by atoms with Gasteiger partial charge in [-0.3, -0.25) is 0 Å². The average molecular weight is 180 g/mol. The molecule has 0 nitrogen and oxygen atoms in total. The van der Waals surface area contributed by atoms with Crippen LogP contribution < -0.4 is 0 Å². The number of rotatable bonds is 4. The second-order valence-electron chi connectivity index (χ2n) is 4.34. The van der Waals surface area contributed by atoms with Crippen molar-refractivity contribution in [2.24, 2.45) is 5.92 Å². The maximum atomic E-state index is 2.38. The van der Waals surface area contributed by atoms with Crippen molar-refractivity contribution in [3.05, 3.63) is 12.2 Å². The average Bonchev–Trinajstić information content (AvgIpc) is 2.08. The van der Waals surface area contributed by atoms with Gasteiger partial charge >= 0.3 is 0 Å². The summed E-state index contributed by atoms with van der Waals surface area (Å²) in [6, 6.07) is 0. The molecular formula is C13H24. The lowest BCUT2D eigenvalue weighted by Gasteiger charge is -2.16. The van der Waals surface area contributed by atoms with E-state index in [0.29, 0.717) is 0 Å². The summed E-state index contributed by atoms with van der Waals surface area (Å²) in [5.41, 5.74) is 0. The fourth-order valence-electron chi connectivity index (χ4n) is 2.21. The van der Waals surface area contributed by atoms with Crippen molar-refractivity contribution in [3.8, 4) is 0 Å². The summed E-state index contributed by atoms with van der Waals surface area (Å²) in [6.45, 7) is 2.29. The van der Waals surface area contributed by atoms with Gasteiger partial charge < -0.3 is 0 Å².